The van der Waals surface area contributed by atoms with Gasteiger partial charge >= 0.3 is 11.9 Å². The molecule has 0 fully saturated rings. The van der Waals surface area contributed by atoms with Gasteiger partial charge in [0, 0.05) is 23.2 Å². The number of benzene rings is 1. The summed E-state index contributed by atoms with van der Waals surface area (Å²) >= 11 is 3.41. The zero-order valence-corrected chi connectivity index (χ0v) is 14.8. The predicted molar refractivity (Wildman–Crippen MR) is 91.0 cm³/mol. The number of rotatable bonds is 1. The van der Waals surface area contributed by atoms with Gasteiger partial charge in [0.15, 0.2) is 0 Å². The Morgan fingerprint density at radius 2 is 1.87 bits per heavy atom. The third-order valence-corrected chi connectivity index (χ3v) is 4.22. The van der Waals surface area contributed by atoms with E-state index in [2.05, 4.69) is 15.9 Å². The van der Waals surface area contributed by atoms with Gasteiger partial charge in [0.1, 0.15) is 6.10 Å². The molecule has 5 heteroatoms. The highest BCUT2D eigenvalue weighted by Gasteiger charge is 2.18. The van der Waals surface area contributed by atoms with Gasteiger partial charge in [-0.25, -0.2) is 0 Å². The number of hydrogen-bond donors (Lipinski definition) is 0. The lowest BCUT2D eigenvalue weighted by molar-refractivity contribution is -0.150. The van der Waals surface area contributed by atoms with E-state index in [9.17, 15) is 9.59 Å². The predicted octanol–water partition coefficient (Wildman–Crippen LogP) is 4.14. The van der Waals surface area contributed by atoms with E-state index < -0.39 is 0 Å². The molecule has 1 heterocycles. The van der Waals surface area contributed by atoms with E-state index in [0.717, 1.165) is 10.0 Å². The average Bonchev–Trinajstić information content (AvgIpc) is 2.51. The van der Waals surface area contributed by atoms with E-state index in [1.807, 2.05) is 43.3 Å². The minimum atomic E-state index is -0.259. The molecule has 1 aromatic carbocycles. The molecule has 0 radical (unpaired) electrons. The van der Waals surface area contributed by atoms with E-state index >= 15 is 0 Å². The van der Waals surface area contributed by atoms with Crippen LogP contribution in [0.3, 0.4) is 0 Å². The third kappa shape index (κ3) is 6.18. The number of halogens is 1. The molecule has 1 aromatic rings. The molecule has 0 N–H and O–H groups in total. The normalized spacial score (nSPS) is 25.3. The summed E-state index contributed by atoms with van der Waals surface area (Å²) in [6.07, 6.45) is 5.42. The van der Waals surface area contributed by atoms with Crippen molar-refractivity contribution in [2.75, 3.05) is 6.61 Å². The Balaban J connectivity index is 2.14. The molecule has 0 spiro atoms. The summed E-state index contributed by atoms with van der Waals surface area (Å²) in [5.74, 6) is -0.507. The molecule has 1 aliphatic heterocycles. The molecule has 2 atom stereocenters. The van der Waals surface area contributed by atoms with Gasteiger partial charge in [-0.1, -0.05) is 40.2 Å². The van der Waals surface area contributed by atoms with Gasteiger partial charge in [0.25, 0.3) is 0 Å². The maximum absolute atomic E-state index is 12.1. The van der Waals surface area contributed by atoms with Crippen molar-refractivity contribution in [1.82, 2.24) is 0 Å². The van der Waals surface area contributed by atoms with Crippen LogP contribution in [0.2, 0.25) is 0 Å². The first-order valence-electron chi connectivity index (χ1n) is 7.82. The lowest BCUT2D eigenvalue weighted by Crippen LogP contribution is -2.19. The molecule has 4 nitrogen and oxygen atoms in total. The molecule has 0 saturated heterocycles. The summed E-state index contributed by atoms with van der Waals surface area (Å²) in [7, 11) is 0. The molecule has 124 valence electrons. The summed E-state index contributed by atoms with van der Waals surface area (Å²) in [6.45, 7) is 2.10. The highest BCUT2D eigenvalue weighted by molar-refractivity contribution is 9.10. The maximum Gasteiger partial charge on any atom is 0.306 e. The van der Waals surface area contributed by atoms with Crippen LogP contribution in [0.1, 0.15) is 44.1 Å². The number of allylic oxidation sites excluding steroid dienone is 2. The summed E-state index contributed by atoms with van der Waals surface area (Å²) in [5, 5.41) is 0. The highest BCUT2D eigenvalue weighted by atomic mass is 79.9. The summed E-state index contributed by atoms with van der Waals surface area (Å²) in [4.78, 5) is 23.7. The van der Waals surface area contributed by atoms with Crippen LogP contribution in [0.25, 0.3) is 0 Å². The van der Waals surface area contributed by atoms with Crippen LogP contribution in [0, 0.1) is 0 Å². The molecule has 23 heavy (non-hydrogen) atoms. The molecule has 1 aliphatic rings. The molecule has 0 aliphatic carbocycles. The van der Waals surface area contributed by atoms with Crippen molar-refractivity contribution in [3.63, 3.8) is 0 Å². The molecule has 2 rings (SSSR count). The SMILES string of the molecule is C[C@H]1CCOC(=O)CC/C=C/[C@@H](c2ccc(Br)cc2)CC(=O)O1. The van der Waals surface area contributed by atoms with E-state index in [1.165, 1.54) is 0 Å². The van der Waals surface area contributed by atoms with Crippen molar-refractivity contribution in [3.8, 4) is 0 Å². The van der Waals surface area contributed by atoms with Crippen LogP contribution in [0.15, 0.2) is 40.9 Å². The fraction of sp³-hybridized carbons (Fsp3) is 0.444. The Morgan fingerprint density at radius 1 is 1.13 bits per heavy atom. The lowest BCUT2D eigenvalue weighted by atomic mass is 9.95. The van der Waals surface area contributed by atoms with Crippen LogP contribution in [-0.2, 0) is 19.1 Å². The number of carbonyl (C=O) groups is 2. The van der Waals surface area contributed by atoms with Crippen LogP contribution >= 0.6 is 15.9 Å². The van der Waals surface area contributed by atoms with E-state index in [4.69, 9.17) is 9.47 Å². The first kappa shape index (κ1) is 17.7. The van der Waals surface area contributed by atoms with E-state index in [-0.39, 0.29) is 37.0 Å². The van der Waals surface area contributed by atoms with Crippen LogP contribution in [0.5, 0.6) is 0 Å². The first-order valence-corrected chi connectivity index (χ1v) is 8.61. The Hall–Kier alpha value is -1.62. The second-order valence-corrected chi connectivity index (χ2v) is 6.55. The van der Waals surface area contributed by atoms with E-state index in [1.54, 1.807) is 0 Å². The zero-order chi connectivity index (χ0) is 16.7. The summed E-state index contributed by atoms with van der Waals surface area (Å²) in [5.41, 5.74) is 1.05. The van der Waals surface area contributed by atoms with Gasteiger partial charge in [0.2, 0.25) is 0 Å². The highest BCUT2D eigenvalue weighted by Crippen LogP contribution is 2.24. The summed E-state index contributed by atoms with van der Waals surface area (Å²) < 4.78 is 11.5. The van der Waals surface area contributed by atoms with Crippen molar-refractivity contribution in [2.45, 2.75) is 44.6 Å². The van der Waals surface area contributed by atoms with Crippen molar-refractivity contribution in [2.24, 2.45) is 0 Å². The molecular formula is C18H21BrO4. The standard InChI is InChI=1S/C18H21BrO4/c1-13-10-11-22-17(20)5-3-2-4-15(12-18(21)23-13)14-6-8-16(19)9-7-14/h2,4,6-9,13,15H,3,5,10-12H2,1H3/b4-2+/t13-,15+/m0/s1. The molecule has 0 amide bonds. The largest absolute Gasteiger partial charge is 0.466 e. The zero-order valence-electron chi connectivity index (χ0n) is 13.2. The lowest BCUT2D eigenvalue weighted by Gasteiger charge is -2.16. The fourth-order valence-electron chi connectivity index (χ4n) is 2.39. The minimum Gasteiger partial charge on any atom is -0.466 e. The number of hydrogen-bond acceptors (Lipinski definition) is 4. The minimum absolute atomic E-state index is 0.0560. The quantitative estimate of drug-likeness (QED) is 0.542. The van der Waals surface area contributed by atoms with Gasteiger partial charge in [-0.15, -0.1) is 0 Å². The average molecular weight is 381 g/mol. The topological polar surface area (TPSA) is 52.6 Å². The second kappa shape index (κ2) is 8.87. The Morgan fingerprint density at radius 3 is 2.61 bits per heavy atom. The molecule has 0 unspecified atom stereocenters. The number of cyclic esters (lactones) is 2. The molecular weight excluding hydrogens is 360 g/mol. The van der Waals surface area contributed by atoms with Crippen molar-refractivity contribution < 1.29 is 19.1 Å². The third-order valence-electron chi connectivity index (χ3n) is 3.69. The van der Waals surface area contributed by atoms with Gasteiger partial charge in [-0.2, -0.15) is 0 Å². The Labute approximate surface area is 145 Å². The molecule has 0 saturated carbocycles. The smallest absolute Gasteiger partial charge is 0.306 e. The van der Waals surface area contributed by atoms with Crippen molar-refractivity contribution >= 4 is 27.9 Å². The maximum atomic E-state index is 12.1. The van der Waals surface area contributed by atoms with Gasteiger partial charge in [-0.3, -0.25) is 9.59 Å². The fourth-order valence-corrected chi connectivity index (χ4v) is 2.65. The van der Waals surface area contributed by atoms with Gasteiger partial charge in [0.05, 0.1) is 13.0 Å². The monoisotopic (exact) mass is 380 g/mol. The van der Waals surface area contributed by atoms with Gasteiger partial charge in [-0.05, 0) is 31.0 Å². The van der Waals surface area contributed by atoms with Crippen LogP contribution in [-0.4, -0.2) is 24.6 Å². The van der Waals surface area contributed by atoms with E-state index in [0.29, 0.717) is 19.3 Å². The molecule has 0 bridgehead atoms. The van der Waals surface area contributed by atoms with Crippen molar-refractivity contribution in [3.05, 3.63) is 46.5 Å². The van der Waals surface area contributed by atoms with Crippen molar-refractivity contribution in [1.29, 1.82) is 0 Å². The van der Waals surface area contributed by atoms with Gasteiger partial charge < -0.3 is 9.47 Å². The Kier molecular flexibility index (Phi) is 6.84. The molecule has 0 aromatic heterocycles. The summed E-state index contributed by atoms with van der Waals surface area (Å²) in [6, 6.07) is 7.88. The number of carbonyl (C=O) groups excluding carboxylic acids is 2. The van der Waals surface area contributed by atoms with Crippen LogP contribution in [0.4, 0.5) is 0 Å². The second-order valence-electron chi connectivity index (χ2n) is 5.64. The van der Waals surface area contributed by atoms with Crippen LogP contribution < -0.4 is 0 Å². The first-order chi connectivity index (χ1) is 11.0. The number of ether oxygens (including phenoxy) is 2. The Bertz CT molecular complexity index is 565. The number of esters is 2.